The van der Waals surface area contributed by atoms with Gasteiger partial charge in [-0.2, -0.15) is 0 Å². The van der Waals surface area contributed by atoms with Crippen LogP contribution in [0.3, 0.4) is 0 Å². The molecule has 3 fully saturated rings. The van der Waals surface area contributed by atoms with Crippen LogP contribution >= 0.6 is 0 Å². The maximum absolute atomic E-state index is 13.9. The van der Waals surface area contributed by atoms with Gasteiger partial charge in [-0.25, -0.2) is 18.6 Å². The topological polar surface area (TPSA) is 108 Å². The van der Waals surface area contributed by atoms with Crippen molar-refractivity contribution in [3.8, 4) is 0 Å². The Morgan fingerprint density at radius 2 is 1.84 bits per heavy atom. The van der Waals surface area contributed by atoms with Crippen molar-refractivity contribution in [1.29, 1.82) is 0 Å². The summed E-state index contributed by atoms with van der Waals surface area (Å²) in [4.78, 5) is 19.4. The van der Waals surface area contributed by atoms with Crippen molar-refractivity contribution in [3.05, 3.63) is 23.3 Å². The highest BCUT2D eigenvalue weighted by atomic mass is 19.3. The van der Waals surface area contributed by atoms with Gasteiger partial charge in [-0.05, 0) is 63.9 Å². The molecule has 0 radical (unpaired) electrons. The number of piperidine rings is 1. The number of hydrogen-bond donors (Lipinski definition) is 3. The van der Waals surface area contributed by atoms with E-state index in [0.717, 1.165) is 37.1 Å². The third-order valence-corrected chi connectivity index (χ3v) is 9.24. The molecule has 4 aliphatic rings. The predicted molar refractivity (Wildman–Crippen MR) is 132 cm³/mol. The number of alkyl halides is 2. The number of aromatic nitrogens is 2. The second-order valence-electron chi connectivity index (χ2n) is 11.5. The number of likely N-dealkylation sites (tertiary alicyclic amines) is 1. The Balaban J connectivity index is 1.53. The van der Waals surface area contributed by atoms with Gasteiger partial charge in [0.2, 0.25) is 5.92 Å². The summed E-state index contributed by atoms with van der Waals surface area (Å²) in [5, 5.41) is 31.3. The largest absolute Gasteiger partial charge is 0.453 e. The van der Waals surface area contributed by atoms with Gasteiger partial charge in [0, 0.05) is 36.8 Å². The molecule has 2 heterocycles. The smallest absolute Gasteiger partial charge is 0.410 e. The van der Waals surface area contributed by atoms with Crippen molar-refractivity contribution in [2.45, 2.75) is 113 Å². The number of fused-ring (bicyclic) bond motifs is 3. The number of aliphatic hydroxyl groups is 3. The van der Waals surface area contributed by atoms with Crippen molar-refractivity contribution >= 4 is 12.2 Å². The van der Waals surface area contributed by atoms with E-state index in [1.165, 1.54) is 7.11 Å². The van der Waals surface area contributed by atoms with Crippen LogP contribution in [0, 0.1) is 11.8 Å². The number of rotatable bonds is 4. The van der Waals surface area contributed by atoms with E-state index in [1.807, 2.05) is 19.1 Å². The Morgan fingerprint density at radius 1 is 1.11 bits per heavy atom. The number of aliphatic hydroxyl groups excluding tert-OH is 2. The van der Waals surface area contributed by atoms with E-state index in [4.69, 9.17) is 9.72 Å². The van der Waals surface area contributed by atoms with Gasteiger partial charge in [0.15, 0.2) is 6.29 Å². The molecule has 10 heteroatoms. The van der Waals surface area contributed by atoms with Crippen LogP contribution in [0.4, 0.5) is 13.6 Å². The molecule has 3 N–H and O–H groups in total. The second-order valence-corrected chi connectivity index (χ2v) is 11.5. The molecular weight excluding hydrogens is 484 g/mol. The standard InChI is InChI=1S/C27H39F2N3O5/c1-15-6-7-19-20(31(15)26(36)37-2)8-9-21-22(19)30-24(23(33)16-10-12-27(28,29)13-11-16)32(21)18-5-3-4-17(14-18)25(34)35/h8-9,15-20,23,25,33-35H,3-7,10-14H2,1-2H3. The lowest BCUT2D eigenvalue weighted by molar-refractivity contribution is -0.0975. The quantitative estimate of drug-likeness (QED) is 0.501. The summed E-state index contributed by atoms with van der Waals surface area (Å²) in [5.41, 5.74) is 1.68. The van der Waals surface area contributed by atoms with Crippen LogP contribution in [0.2, 0.25) is 0 Å². The number of imidazole rings is 1. The van der Waals surface area contributed by atoms with E-state index in [1.54, 1.807) is 4.90 Å². The number of carbonyl (C=O) groups excluding carboxylic acids is 1. The first-order valence-corrected chi connectivity index (χ1v) is 13.7. The average molecular weight is 524 g/mol. The van der Waals surface area contributed by atoms with E-state index >= 15 is 0 Å². The number of nitrogens with zero attached hydrogens (tertiary/aromatic N) is 3. The van der Waals surface area contributed by atoms with Crippen LogP contribution in [0.15, 0.2) is 6.08 Å². The first-order valence-electron chi connectivity index (χ1n) is 13.7. The van der Waals surface area contributed by atoms with Gasteiger partial charge in [-0.3, -0.25) is 4.90 Å². The highest BCUT2D eigenvalue weighted by molar-refractivity contribution is 5.70. The Bertz CT molecular complexity index is 1020. The van der Waals surface area contributed by atoms with Crippen LogP contribution in [0.5, 0.6) is 0 Å². The average Bonchev–Trinajstić information content (AvgIpc) is 3.27. The molecule has 0 aromatic carbocycles. The molecule has 1 aromatic rings. The second kappa shape index (κ2) is 10.3. The molecule has 1 saturated heterocycles. The lowest BCUT2D eigenvalue weighted by atomic mass is 9.80. The minimum Gasteiger partial charge on any atom is -0.453 e. The van der Waals surface area contributed by atoms with Crippen molar-refractivity contribution in [2.24, 2.45) is 11.8 Å². The Hall–Kier alpha value is -2.04. The van der Waals surface area contributed by atoms with Crippen LogP contribution in [-0.4, -0.2) is 67.3 Å². The number of hydrogen-bond acceptors (Lipinski definition) is 6. The van der Waals surface area contributed by atoms with Gasteiger partial charge in [0.05, 0.1) is 24.5 Å². The van der Waals surface area contributed by atoms with Crippen molar-refractivity contribution in [2.75, 3.05) is 7.11 Å². The first kappa shape index (κ1) is 26.6. The number of amides is 1. The molecule has 0 spiro atoms. The molecule has 1 amide bonds. The molecule has 8 nitrogen and oxygen atoms in total. The van der Waals surface area contributed by atoms with Crippen LogP contribution in [-0.2, 0) is 4.74 Å². The van der Waals surface area contributed by atoms with Gasteiger partial charge in [0.1, 0.15) is 11.9 Å². The molecule has 2 saturated carbocycles. The van der Waals surface area contributed by atoms with Crippen LogP contribution < -0.4 is 0 Å². The summed E-state index contributed by atoms with van der Waals surface area (Å²) in [5.74, 6) is -2.87. The summed E-state index contributed by atoms with van der Waals surface area (Å²) in [6.45, 7) is 2.01. The molecule has 1 aromatic heterocycles. The van der Waals surface area contributed by atoms with Gasteiger partial charge in [-0.1, -0.05) is 12.5 Å². The summed E-state index contributed by atoms with van der Waals surface area (Å²) >= 11 is 0. The number of carbonyl (C=O) groups is 1. The molecular formula is C27H39F2N3O5. The molecule has 0 bridgehead atoms. The Kier molecular flexibility index (Phi) is 7.37. The van der Waals surface area contributed by atoms with Crippen LogP contribution in [0.1, 0.15) is 106 Å². The third-order valence-electron chi connectivity index (χ3n) is 9.24. The number of ether oxygens (including phenoxy) is 1. The molecule has 206 valence electrons. The number of halogens is 2. The normalized spacial score (nSPS) is 32.6. The zero-order valence-corrected chi connectivity index (χ0v) is 21.6. The fourth-order valence-corrected chi connectivity index (χ4v) is 7.15. The summed E-state index contributed by atoms with van der Waals surface area (Å²) in [6.07, 6.45) is 5.63. The monoisotopic (exact) mass is 523 g/mol. The van der Waals surface area contributed by atoms with Crippen LogP contribution in [0.25, 0.3) is 6.08 Å². The Labute approximate surface area is 216 Å². The maximum atomic E-state index is 13.9. The predicted octanol–water partition coefficient (Wildman–Crippen LogP) is 4.51. The first-order chi connectivity index (χ1) is 17.6. The van der Waals surface area contributed by atoms with Gasteiger partial charge < -0.3 is 24.6 Å². The summed E-state index contributed by atoms with van der Waals surface area (Å²) < 4.78 is 34.8. The Morgan fingerprint density at radius 3 is 2.51 bits per heavy atom. The summed E-state index contributed by atoms with van der Waals surface area (Å²) in [7, 11) is 1.38. The summed E-state index contributed by atoms with van der Waals surface area (Å²) in [6, 6.07) is -0.295. The van der Waals surface area contributed by atoms with Gasteiger partial charge >= 0.3 is 6.09 Å². The molecule has 37 heavy (non-hydrogen) atoms. The minimum atomic E-state index is -2.69. The van der Waals surface area contributed by atoms with Gasteiger partial charge in [0.25, 0.3) is 0 Å². The zero-order chi connectivity index (χ0) is 26.5. The van der Waals surface area contributed by atoms with E-state index < -0.39 is 18.3 Å². The molecule has 6 unspecified atom stereocenters. The van der Waals surface area contributed by atoms with Gasteiger partial charge in [-0.15, -0.1) is 0 Å². The van der Waals surface area contributed by atoms with Crippen molar-refractivity contribution < 1.29 is 33.6 Å². The molecule has 5 rings (SSSR count). The highest BCUT2D eigenvalue weighted by Gasteiger charge is 2.45. The van der Waals surface area contributed by atoms with E-state index in [-0.39, 0.29) is 67.7 Å². The third kappa shape index (κ3) is 4.92. The number of methoxy groups -OCH3 is 1. The highest BCUT2D eigenvalue weighted by Crippen LogP contribution is 2.47. The minimum absolute atomic E-state index is 0.0149. The molecule has 1 aliphatic heterocycles. The molecule has 6 atom stereocenters. The van der Waals surface area contributed by atoms with E-state index in [9.17, 15) is 28.9 Å². The van der Waals surface area contributed by atoms with Crippen molar-refractivity contribution in [1.82, 2.24) is 14.5 Å². The fraction of sp³-hybridized carbons (Fsp3) is 0.778. The lowest BCUT2D eigenvalue weighted by Crippen LogP contribution is -2.52. The van der Waals surface area contributed by atoms with Crippen molar-refractivity contribution in [3.63, 3.8) is 0 Å². The maximum Gasteiger partial charge on any atom is 0.410 e. The van der Waals surface area contributed by atoms with E-state index in [2.05, 4.69) is 4.57 Å². The SMILES string of the molecule is COC(=O)N1C(C)CCC2c3nc(C(O)C4CCC(F)(F)CC4)n(C4CCCC(C(O)O)C4)c3C=CC21. The molecule has 3 aliphatic carbocycles. The zero-order valence-electron chi connectivity index (χ0n) is 21.6. The lowest BCUT2D eigenvalue weighted by Gasteiger charge is -2.44. The fourth-order valence-electron chi connectivity index (χ4n) is 7.15. The van der Waals surface area contributed by atoms with E-state index in [0.29, 0.717) is 18.7 Å².